The van der Waals surface area contributed by atoms with E-state index in [1.54, 1.807) is 23.9 Å². The lowest BCUT2D eigenvalue weighted by Gasteiger charge is -2.30. The summed E-state index contributed by atoms with van der Waals surface area (Å²) < 4.78 is 8.69. The number of alkyl halides is 1. The zero-order valence-electron chi connectivity index (χ0n) is 11.0. The third-order valence-corrected chi connectivity index (χ3v) is 4.87. The minimum Gasteiger partial charge on any atom is -0.377 e. The summed E-state index contributed by atoms with van der Waals surface area (Å²) in [4.78, 5) is 11.9. The van der Waals surface area contributed by atoms with E-state index in [9.17, 15) is 4.79 Å². The van der Waals surface area contributed by atoms with E-state index in [1.807, 2.05) is 6.07 Å². The maximum absolute atomic E-state index is 11.9. The van der Waals surface area contributed by atoms with E-state index >= 15 is 0 Å². The summed E-state index contributed by atoms with van der Waals surface area (Å²) in [5.41, 5.74) is -0.311. The highest BCUT2D eigenvalue weighted by atomic mass is 127. The normalized spacial score (nSPS) is 16.3. The Morgan fingerprint density at radius 2 is 2.28 bits per heavy atom. The van der Waals surface area contributed by atoms with Gasteiger partial charge in [-0.15, -0.1) is 0 Å². The molecule has 2 atom stereocenters. The molecule has 102 valence electrons. The highest BCUT2D eigenvalue weighted by Crippen LogP contribution is 2.24. The molecule has 0 bridgehead atoms. The van der Waals surface area contributed by atoms with Crippen molar-refractivity contribution in [1.29, 1.82) is 0 Å². The van der Waals surface area contributed by atoms with Crippen LogP contribution in [0.15, 0.2) is 27.6 Å². The Hall–Kier alpha value is 0.120. The van der Waals surface area contributed by atoms with Gasteiger partial charge in [0.2, 0.25) is 0 Å². The molecule has 0 fully saturated rings. The van der Waals surface area contributed by atoms with Gasteiger partial charge in [0.1, 0.15) is 0 Å². The average Bonchev–Trinajstić information content (AvgIpc) is 2.33. The highest BCUT2D eigenvalue weighted by Gasteiger charge is 2.27. The van der Waals surface area contributed by atoms with Crippen molar-refractivity contribution in [3.8, 4) is 0 Å². The van der Waals surface area contributed by atoms with Gasteiger partial charge in [-0.1, -0.05) is 45.4 Å². The first-order chi connectivity index (χ1) is 8.40. The number of hydrogen-bond acceptors (Lipinski definition) is 2. The Bertz CT molecular complexity index is 449. The fourth-order valence-corrected chi connectivity index (χ4v) is 3.05. The van der Waals surface area contributed by atoms with Crippen LogP contribution in [-0.2, 0) is 11.3 Å². The van der Waals surface area contributed by atoms with Crippen LogP contribution in [0.1, 0.15) is 26.7 Å². The summed E-state index contributed by atoms with van der Waals surface area (Å²) in [6.45, 7) is 4.80. The van der Waals surface area contributed by atoms with Gasteiger partial charge in [0.05, 0.1) is 12.1 Å². The van der Waals surface area contributed by atoms with Gasteiger partial charge >= 0.3 is 0 Å². The van der Waals surface area contributed by atoms with Crippen LogP contribution < -0.4 is 5.56 Å². The van der Waals surface area contributed by atoms with Crippen molar-refractivity contribution in [3.63, 3.8) is 0 Å². The van der Waals surface area contributed by atoms with Gasteiger partial charge in [0, 0.05) is 27.8 Å². The third kappa shape index (κ3) is 4.66. The molecular weight excluding hydrogens is 409 g/mol. The Morgan fingerprint density at radius 1 is 1.61 bits per heavy atom. The second-order valence-electron chi connectivity index (χ2n) is 4.67. The zero-order chi connectivity index (χ0) is 13.8. The van der Waals surface area contributed by atoms with Gasteiger partial charge in [-0.05, 0) is 25.8 Å². The number of pyridine rings is 1. The molecule has 1 unspecified atom stereocenters. The number of aromatic nitrogens is 1. The van der Waals surface area contributed by atoms with Crippen LogP contribution in [-0.4, -0.2) is 21.2 Å². The largest absolute Gasteiger partial charge is 0.377 e. The molecule has 0 saturated heterocycles. The lowest BCUT2D eigenvalue weighted by Crippen LogP contribution is -2.38. The molecule has 0 amide bonds. The second kappa shape index (κ2) is 7.05. The molecular formula is C13H19BrINO2. The standard InChI is InChI=1S/C13H19BrINO2/c1-4-11(15)8-13(2,18-3)9-16-6-5-10(14)7-12(16)17/h5-7,11H,4,8-9H2,1-3H3/t11-,13?/m1/s1. The Morgan fingerprint density at radius 3 is 2.78 bits per heavy atom. The minimum absolute atomic E-state index is 0.00541. The molecule has 1 aromatic heterocycles. The van der Waals surface area contributed by atoms with Gasteiger partial charge in [-0.25, -0.2) is 0 Å². The molecule has 18 heavy (non-hydrogen) atoms. The van der Waals surface area contributed by atoms with Crippen LogP contribution in [0.25, 0.3) is 0 Å². The quantitative estimate of drug-likeness (QED) is 0.512. The van der Waals surface area contributed by atoms with Crippen molar-refractivity contribution in [2.75, 3.05) is 7.11 Å². The van der Waals surface area contributed by atoms with Crippen LogP contribution in [0.4, 0.5) is 0 Å². The SMILES string of the molecule is CC[C@@H](I)CC(C)(Cn1ccc(Br)cc1=O)OC. The number of methoxy groups -OCH3 is 1. The minimum atomic E-state index is -0.306. The third-order valence-electron chi connectivity index (χ3n) is 3.05. The van der Waals surface area contributed by atoms with E-state index in [-0.39, 0.29) is 11.2 Å². The first kappa shape index (κ1) is 16.2. The van der Waals surface area contributed by atoms with Crippen LogP contribution >= 0.6 is 38.5 Å². The van der Waals surface area contributed by atoms with Crippen molar-refractivity contribution in [3.05, 3.63) is 33.2 Å². The van der Waals surface area contributed by atoms with Gasteiger partial charge in [0.25, 0.3) is 5.56 Å². The van der Waals surface area contributed by atoms with Crippen molar-refractivity contribution < 1.29 is 4.74 Å². The maximum atomic E-state index is 11.9. The maximum Gasteiger partial charge on any atom is 0.251 e. The van der Waals surface area contributed by atoms with Crippen molar-refractivity contribution >= 4 is 38.5 Å². The highest BCUT2D eigenvalue weighted by molar-refractivity contribution is 14.1. The summed E-state index contributed by atoms with van der Waals surface area (Å²) in [7, 11) is 1.71. The average molecular weight is 428 g/mol. The monoisotopic (exact) mass is 427 g/mol. The topological polar surface area (TPSA) is 31.2 Å². The zero-order valence-corrected chi connectivity index (χ0v) is 14.7. The van der Waals surface area contributed by atoms with Gasteiger partial charge < -0.3 is 9.30 Å². The number of halogens is 2. The second-order valence-corrected chi connectivity index (χ2v) is 7.35. The Labute approximate surface area is 130 Å². The Kier molecular flexibility index (Phi) is 6.34. The van der Waals surface area contributed by atoms with E-state index in [2.05, 4.69) is 52.4 Å². The molecule has 5 heteroatoms. The summed E-state index contributed by atoms with van der Waals surface area (Å²) in [5.74, 6) is 0. The van der Waals surface area contributed by atoms with Gasteiger partial charge in [-0.3, -0.25) is 4.79 Å². The van der Waals surface area contributed by atoms with Crippen LogP contribution in [0.2, 0.25) is 0 Å². The fourth-order valence-electron chi connectivity index (χ4n) is 1.80. The van der Waals surface area contributed by atoms with Crippen LogP contribution in [0.3, 0.4) is 0 Å². The van der Waals surface area contributed by atoms with Crippen molar-refractivity contribution in [1.82, 2.24) is 4.57 Å². The Balaban J connectivity index is 2.88. The van der Waals surface area contributed by atoms with E-state index < -0.39 is 0 Å². The van der Waals surface area contributed by atoms with Crippen molar-refractivity contribution in [2.24, 2.45) is 0 Å². The molecule has 0 aliphatic carbocycles. The predicted octanol–water partition coefficient (Wildman–Crippen LogP) is 3.62. The van der Waals surface area contributed by atoms with Gasteiger partial charge in [0.15, 0.2) is 0 Å². The van der Waals surface area contributed by atoms with E-state index in [1.165, 1.54) is 0 Å². The lowest BCUT2D eigenvalue weighted by atomic mass is 9.98. The first-order valence-electron chi connectivity index (χ1n) is 5.95. The molecule has 1 aromatic rings. The van der Waals surface area contributed by atoms with E-state index in [0.717, 1.165) is 17.3 Å². The predicted molar refractivity (Wildman–Crippen MR) is 86.5 cm³/mol. The summed E-state index contributed by atoms with van der Waals surface area (Å²) in [5, 5.41) is 0. The smallest absolute Gasteiger partial charge is 0.251 e. The molecule has 0 aromatic carbocycles. The van der Waals surface area contributed by atoms with E-state index in [0.29, 0.717) is 10.5 Å². The lowest BCUT2D eigenvalue weighted by molar-refractivity contribution is -0.0153. The molecule has 0 spiro atoms. The number of hydrogen-bond donors (Lipinski definition) is 0. The molecule has 1 rings (SSSR count). The molecule has 0 radical (unpaired) electrons. The first-order valence-corrected chi connectivity index (χ1v) is 7.99. The fraction of sp³-hybridized carbons (Fsp3) is 0.615. The summed E-state index contributed by atoms with van der Waals surface area (Å²) in [6.07, 6.45) is 3.84. The molecule has 0 aliphatic rings. The number of nitrogens with zero attached hydrogens (tertiary/aromatic N) is 1. The van der Waals surface area contributed by atoms with Gasteiger partial charge in [-0.2, -0.15) is 0 Å². The summed E-state index contributed by atoms with van der Waals surface area (Å²) in [6, 6.07) is 3.45. The molecule has 1 heterocycles. The number of rotatable bonds is 6. The molecule has 0 saturated carbocycles. The van der Waals surface area contributed by atoms with E-state index in [4.69, 9.17) is 4.74 Å². The molecule has 3 nitrogen and oxygen atoms in total. The summed E-state index contributed by atoms with van der Waals surface area (Å²) >= 11 is 5.73. The van der Waals surface area contributed by atoms with Crippen LogP contribution in [0.5, 0.6) is 0 Å². The van der Waals surface area contributed by atoms with Crippen molar-refractivity contribution in [2.45, 2.75) is 42.8 Å². The molecule has 0 aliphatic heterocycles. The molecule has 0 N–H and O–H groups in total. The van der Waals surface area contributed by atoms with Crippen LogP contribution in [0, 0.1) is 0 Å². The number of ether oxygens (including phenoxy) is 1.